The minimum Gasteiger partial charge on any atom is -0.378 e. The van der Waals surface area contributed by atoms with Crippen LogP contribution in [0.3, 0.4) is 0 Å². The van der Waals surface area contributed by atoms with Crippen molar-refractivity contribution in [2.24, 2.45) is 0 Å². The van der Waals surface area contributed by atoms with Crippen LogP contribution in [0.5, 0.6) is 0 Å². The summed E-state index contributed by atoms with van der Waals surface area (Å²) in [6.45, 7) is 0. The Balaban J connectivity index is 1.41. The van der Waals surface area contributed by atoms with Crippen molar-refractivity contribution in [2.75, 3.05) is 30.1 Å². The van der Waals surface area contributed by atoms with E-state index in [-0.39, 0.29) is 11.7 Å². The molecule has 1 amide bonds. The van der Waals surface area contributed by atoms with E-state index >= 15 is 0 Å². The molecule has 2 heterocycles. The molecule has 4 aromatic rings. The summed E-state index contributed by atoms with van der Waals surface area (Å²) in [6.07, 6.45) is 0. The number of fused-ring (bicyclic) bond motifs is 3. The van der Waals surface area contributed by atoms with E-state index in [4.69, 9.17) is 0 Å². The summed E-state index contributed by atoms with van der Waals surface area (Å²) in [6, 6.07) is 15.5. The van der Waals surface area contributed by atoms with Crippen LogP contribution in [0.15, 0.2) is 53.7 Å². The summed E-state index contributed by atoms with van der Waals surface area (Å²) in [5.41, 5.74) is 4.22. The zero-order valence-corrected chi connectivity index (χ0v) is 15.7. The second-order valence-corrected chi connectivity index (χ2v) is 7.18. The second-order valence-electron chi connectivity index (χ2n) is 6.24. The fraction of sp³-hybridized carbons (Fsp3) is 0.158. The van der Waals surface area contributed by atoms with Gasteiger partial charge in [0.15, 0.2) is 5.65 Å². The minimum absolute atomic E-state index is 0.113. The SMILES string of the molecule is CN(C)c1ccc(NC(=O)CSc2nnc3c(n2)[nH]c2ccccc23)cc1. The van der Waals surface area contributed by atoms with Crippen molar-refractivity contribution in [3.63, 3.8) is 0 Å². The molecule has 0 saturated heterocycles. The highest BCUT2D eigenvalue weighted by Gasteiger charge is 2.11. The topological polar surface area (TPSA) is 86.8 Å². The molecular weight excluding hydrogens is 360 g/mol. The number of amides is 1. The van der Waals surface area contributed by atoms with Gasteiger partial charge >= 0.3 is 0 Å². The number of hydrogen-bond acceptors (Lipinski definition) is 6. The van der Waals surface area contributed by atoms with E-state index in [1.54, 1.807) is 0 Å². The lowest BCUT2D eigenvalue weighted by Crippen LogP contribution is -2.14. The molecule has 0 bridgehead atoms. The Bertz CT molecular complexity index is 1110. The Morgan fingerprint density at radius 2 is 1.89 bits per heavy atom. The lowest BCUT2D eigenvalue weighted by Gasteiger charge is -2.12. The molecule has 0 atom stereocenters. The van der Waals surface area contributed by atoms with Crippen molar-refractivity contribution in [2.45, 2.75) is 5.16 Å². The van der Waals surface area contributed by atoms with Gasteiger partial charge in [-0.05, 0) is 30.3 Å². The predicted molar refractivity (Wildman–Crippen MR) is 109 cm³/mol. The minimum atomic E-state index is -0.113. The lowest BCUT2D eigenvalue weighted by atomic mass is 10.2. The molecule has 7 nitrogen and oxygen atoms in total. The van der Waals surface area contributed by atoms with Gasteiger partial charge in [-0.3, -0.25) is 4.79 Å². The molecular formula is C19H18N6OS. The first-order valence-electron chi connectivity index (χ1n) is 8.41. The number of benzene rings is 2. The summed E-state index contributed by atoms with van der Waals surface area (Å²) >= 11 is 1.26. The third-order valence-electron chi connectivity index (χ3n) is 4.10. The van der Waals surface area contributed by atoms with Crippen molar-refractivity contribution < 1.29 is 4.79 Å². The van der Waals surface area contributed by atoms with Gasteiger partial charge < -0.3 is 15.2 Å². The highest BCUT2D eigenvalue weighted by Crippen LogP contribution is 2.23. The number of nitrogens with zero attached hydrogens (tertiary/aromatic N) is 4. The first-order chi connectivity index (χ1) is 13.1. The van der Waals surface area contributed by atoms with Crippen LogP contribution in [0.25, 0.3) is 22.1 Å². The fourth-order valence-electron chi connectivity index (χ4n) is 2.74. The van der Waals surface area contributed by atoms with E-state index in [1.165, 1.54) is 11.8 Å². The number of H-pyrrole nitrogens is 1. The number of anilines is 2. The third kappa shape index (κ3) is 3.70. The van der Waals surface area contributed by atoms with Crippen molar-refractivity contribution in [1.29, 1.82) is 0 Å². The van der Waals surface area contributed by atoms with E-state index in [9.17, 15) is 4.79 Å². The Kier molecular flexibility index (Phi) is 4.64. The molecule has 0 saturated carbocycles. The second kappa shape index (κ2) is 7.24. The number of para-hydroxylation sites is 1. The normalized spacial score (nSPS) is 11.0. The van der Waals surface area contributed by atoms with Gasteiger partial charge in [-0.25, -0.2) is 4.98 Å². The zero-order valence-electron chi connectivity index (χ0n) is 14.9. The molecule has 0 aliphatic rings. The zero-order chi connectivity index (χ0) is 18.8. The highest BCUT2D eigenvalue weighted by molar-refractivity contribution is 7.99. The van der Waals surface area contributed by atoms with E-state index in [1.807, 2.05) is 67.5 Å². The summed E-state index contributed by atoms with van der Waals surface area (Å²) in [4.78, 5) is 21.9. The number of aromatic amines is 1. The molecule has 2 aromatic carbocycles. The number of thioether (sulfide) groups is 1. The molecule has 4 rings (SSSR count). The largest absolute Gasteiger partial charge is 0.378 e. The van der Waals surface area contributed by atoms with Crippen LogP contribution >= 0.6 is 11.8 Å². The molecule has 136 valence electrons. The maximum Gasteiger partial charge on any atom is 0.234 e. The fourth-order valence-corrected chi connectivity index (χ4v) is 3.32. The van der Waals surface area contributed by atoms with Gasteiger partial charge in [0.1, 0.15) is 5.52 Å². The van der Waals surface area contributed by atoms with Crippen LogP contribution in [0, 0.1) is 0 Å². The first kappa shape index (κ1) is 17.3. The maximum absolute atomic E-state index is 12.2. The average Bonchev–Trinajstić information content (AvgIpc) is 3.04. The molecule has 8 heteroatoms. The molecule has 0 fully saturated rings. The maximum atomic E-state index is 12.2. The van der Waals surface area contributed by atoms with E-state index in [0.717, 1.165) is 27.8 Å². The molecule has 27 heavy (non-hydrogen) atoms. The van der Waals surface area contributed by atoms with E-state index in [0.29, 0.717) is 10.8 Å². The van der Waals surface area contributed by atoms with Crippen LogP contribution in [0.4, 0.5) is 11.4 Å². The number of carbonyl (C=O) groups excluding carboxylic acids is 1. The average molecular weight is 378 g/mol. The van der Waals surface area contributed by atoms with Crippen molar-refractivity contribution in [3.8, 4) is 0 Å². The number of carbonyl (C=O) groups is 1. The van der Waals surface area contributed by atoms with Crippen LogP contribution in [-0.2, 0) is 4.79 Å². The number of aromatic nitrogens is 4. The third-order valence-corrected chi connectivity index (χ3v) is 4.94. The van der Waals surface area contributed by atoms with Gasteiger partial charge in [0.2, 0.25) is 11.1 Å². The monoisotopic (exact) mass is 378 g/mol. The van der Waals surface area contributed by atoms with Gasteiger partial charge in [0, 0.05) is 36.4 Å². The lowest BCUT2D eigenvalue weighted by molar-refractivity contribution is -0.113. The number of nitrogens with one attached hydrogen (secondary N) is 2. The molecule has 2 aromatic heterocycles. The van der Waals surface area contributed by atoms with Crippen molar-refractivity contribution >= 4 is 51.1 Å². The van der Waals surface area contributed by atoms with Crippen LogP contribution < -0.4 is 10.2 Å². The van der Waals surface area contributed by atoms with E-state index in [2.05, 4.69) is 25.5 Å². The van der Waals surface area contributed by atoms with Crippen molar-refractivity contribution in [1.82, 2.24) is 20.2 Å². The molecule has 0 spiro atoms. The molecule has 0 aliphatic heterocycles. The Morgan fingerprint density at radius 3 is 2.67 bits per heavy atom. The summed E-state index contributed by atoms with van der Waals surface area (Å²) in [7, 11) is 3.95. The van der Waals surface area contributed by atoms with Gasteiger partial charge in [-0.1, -0.05) is 30.0 Å². The van der Waals surface area contributed by atoms with E-state index < -0.39 is 0 Å². The van der Waals surface area contributed by atoms with Gasteiger partial charge in [-0.2, -0.15) is 0 Å². The highest BCUT2D eigenvalue weighted by atomic mass is 32.2. The van der Waals surface area contributed by atoms with Gasteiger partial charge in [0.05, 0.1) is 5.75 Å². The quantitative estimate of drug-likeness (QED) is 0.518. The predicted octanol–water partition coefficient (Wildman–Crippen LogP) is 3.30. The number of rotatable bonds is 5. The van der Waals surface area contributed by atoms with Crippen LogP contribution in [-0.4, -0.2) is 45.9 Å². The summed E-state index contributed by atoms with van der Waals surface area (Å²) in [5.74, 6) is 0.0981. The Morgan fingerprint density at radius 1 is 1.11 bits per heavy atom. The van der Waals surface area contributed by atoms with Crippen molar-refractivity contribution in [3.05, 3.63) is 48.5 Å². The summed E-state index contributed by atoms with van der Waals surface area (Å²) < 4.78 is 0. The summed E-state index contributed by atoms with van der Waals surface area (Å²) in [5, 5.41) is 12.7. The smallest absolute Gasteiger partial charge is 0.234 e. The molecule has 2 N–H and O–H groups in total. The molecule has 0 radical (unpaired) electrons. The van der Waals surface area contributed by atoms with Gasteiger partial charge in [0.25, 0.3) is 0 Å². The molecule has 0 unspecified atom stereocenters. The van der Waals surface area contributed by atoms with Crippen LogP contribution in [0.1, 0.15) is 0 Å². The Labute approximate surface area is 160 Å². The number of hydrogen-bond donors (Lipinski definition) is 2. The van der Waals surface area contributed by atoms with Gasteiger partial charge in [-0.15, -0.1) is 10.2 Å². The first-order valence-corrected chi connectivity index (χ1v) is 9.40. The molecule has 0 aliphatic carbocycles. The Hall–Kier alpha value is -3.13. The standard InChI is InChI=1S/C19H18N6OS/c1-25(2)13-9-7-12(8-10-13)20-16(26)11-27-19-22-18-17(23-24-19)14-5-3-4-6-15(14)21-18/h3-10H,11H2,1-2H3,(H,20,26)(H,21,22,24). The van der Waals surface area contributed by atoms with Crippen LogP contribution in [0.2, 0.25) is 0 Å².